The molecule has 17 heteroatoms. The van der Waals surface area contributed by atoms with Gasteiger partial charge in [-0.25, -0.2) is 18.7 Å². The van der Waals surface area contributed by atoms with E-state index in [2.05, 4.69) is 40.2 Å². The number of amides is 1. The zero-order chi connectivity index (χ0) is 43.4. The zero-order valence-electron chi connectivity index (χ0n) is 35.4. The fourth-order valence-corrected chi connectivity index (χ4v) is 10.6. The van der Waals surface area contributed by atoms with Gasteiger partial charge in [0.25, 0.3) is 5.91 Å². The van der Waals surface area contributed by atoms with E-state index >= 15 is 9.18 Å². The number of carbonyl (C=O) groups is 1. The molecule has 7 aromatic rings. The summed E-state index contributed by atoms with van der Waals surface area (Å²) in [6.45, 7) is 12.4. The molecule has 2 aromatic carbocycles. The molecule has 1 N–H and O–H groups in total. The van der Waals surface area contributed by atoms with Gasteiger partial charge < -0.3 is 18.8 Å². The third-order valence-electron chi connectivity index (χ3n) is 13.2. The Morgan fingerprint density at radius 2 is 1.69 bits per heavy atom. The number of rotatable bonds is 8. The first-order valence-corrected chi connectivity index (χ1v) is 23.6. The quantitative estimate of drug-likeness (QED) is 0.173. The lowest BCUT2D eigenvalue weighted by Gasteiger charge is -2.34. The maximum absolute atomic E-state index is 15.4. The van der Waals surface area contributed by atoms with Gasteiger partial charge in [-0.1, -0.05) is 18.1 Å². The van der Waals surface area contributed by atoms with E-state index < -0.39 is 30.2 Å². The summed E-state index contributed by atoms with van der Waals surface area (Å²) >= 11 is 0. The molecule has 7 heterocycles. The van der Waals surface area contributed by atoms with Crippen molar-refractivity contribution in [1.29, 1.82) is 0 Å². The molecule has 10 rings (SSSR count). The first kappa shape index (κ1) is 40.0. The van der Waals surface area contributed by atoms with E-state index in [0.29, 0.717) is 95.0 Å². The number of hydrogen-bond donors (Lipinski definition) is 1. The normalized spacial score (nSPS) is 20.5. The number of pyridine rings is 1. The summed E-state index contributed by atoms with van der Waals surface area (Å²) in [6.07, 6.45) is 7.64. The van der Waals surface area contributed by atoms with Gasteiger partial charge in [-0.15, -0.1) is 0 Å². The third kappa shape index (κ3) is 6.28. The number of imidazole rings is 1. The highest BCUT2D eigenvalue weighted by Crippen LogP contribution is 2.56. The molecule has 62 heavy (non-hydrogen) atoms. The van der Waals surface area contributed by atoms with Crippen molar-refractivity contribution >= 4 is 29.4 Å². The molecule has 1 saturated heterocycles. The van der Waals surface area contributed by atoms with Gasteiger partial charge in [0.1, 0.15) is 30.0 Å². The molecule has 3 atom stereocenters. The van der Waals surface area contributed by atoms with Crippen LogP contribution in [-0.4, -0.2) is 82.5 Å². The highest BCUT2D eigenvalue weighted by Gasteiger charge is 2.59. The predicted octanol–water partition coefficient (Wildman–Crippen LogP) is 6.28. The number of hydrogen-bond acceptors (Lipinski definition) is 9. The molecule has 5 aromatic heterocycles. The van der Waals surface area contributed by atoms with Crippen molar-refractivity contribution in [2.75, 3.05) is 33.1 Å². The summed E-state index contributed by atoms with van der Waals surface area (Å²) < 4.78 is 45.1. The maximum atomic E-state index is 15.4. The minimum atomic E-state index is -2.63. The third-order valence-corrected chi connectivity index (χ3v) is 14.6. The SMILES string of the molecule is Cc1cc(-n2nc3c(c2-n2ccn(-c4ccc(P(C)(C)=O)nc4)c2=O)[C@H](C)N(C(=O)c2cc4cc(C5CCOCC5)ccc4n2[C@@]2(c4noc(=O)[nH]4)C[C@@H]2C)CC3)cc(C)c1F. The molecular formula is C45H47FN9O6P. The Morgan fingerprint density at radius 3 is 2.34 bits per heavy atom. The van der Waals surface area contributed by atoms with Gasteiger partial charge in [0.05, 0.1) is 34.7 Å². The monoisotopic (exact) mass is 859 g/mol. The largest absolute Gasteiger partial charge is 0.438 e. The van der Waals surface area contributed by atoms with Gasteiger partial charge in [-0.3, -0.25) is 28.4 Å². The zero-order valence-corrected chi connectivity index (χ0v) is 36.3. The maximum Gasteiger partial charge on any atom is 0.438 e. The number of nitrogens with one attached hydrogen (secondary N) is 1. The van der Waals surface area contributed by atoms with E-state index in [1.165, 1.54) is 20.9 Å². The number of ether oxygens (including phenoxy) is 1. The second-order valence-electron chi connectivity index (χ2n) is 17.5. The standard InChI is InChI=1S/C45H47FN9O6P/c1-25-19-33(20-26(2)39(25)46)55-40(53-16-15-52(44(53)58)32-8-10-37(47-24-32)62(5,6)59)38-28(4)51(14-11-34(38)49-55)41(56)36-22-31-21-30(29-12-17-60-18-13-29)7-9-35(31)54(36)45(23-27(45)3)42-48-43(57)61-50-42/h7-10,15-16,19-22,24,27-29H,11-14,17-18,23H2,1-6H3,(H,48,50,57)/t27-,28-,45-/m0/s1. The first-order chi connectivity index (χ1) is 29.6. The Bertz CT molecular complexity index is 3080. The van der Waals surface area contributed by atoms with Gasteiger partial charge in [-0.2, -0.15) is 5.10 Å². The molecular weight excluding hydrogens is 813 g/mol. The number of carbonyl (C=O) groups excluding carboxylic acids is 1. The van der Waals surface area contributed by atoms with Crippen molar-refractivity contribution in [2.45, 2.75) is 70.9 Å². The molecule has 0 unspecified atom stereocenters. The number of halogens is 1. The van der Waals surface area contributed by atoms with E-state index in [4.69, 9.17) is 14.4 Å². The number of nitrogens with zero attached hydrogens (tertiary/aromatic N) is 8. The Hall–Kier alpha value is -6.12. The summed E-state index contributed by atoms with van der Waals surface area (Å²) in [4.78, 5) is 51.3. The topological polar surface area (TPSA) is 168 Å². The summed E-state index contributed by atoms with van der Waals surface area (Å²) in [7, 11) is -2.63. The second kappa shape index (κ2) is 14.5. The number of aryl methyl sites for hydroxylation is 2. The van der Waals surface area contributed by atoms with E-state index in [-0.39, 0.29) is 17.6 Å². The van der Waals surface area contributed by atoms with Crippen LogP contribution in [-0.2, 0) is 21.3 Å². The Morgan fingerprint density at radius 1 is 0.968 bits per heavy atom. The van der Waals surface area contributed by atoms with Crippen LogP contribution >= 0.6 is 7.14 Å². The minimum absolute atomic E-state index is 0.0224. The van der Waals surface area contributed by atoms with Crippen molar-refractivity contribution < 1.29 is 23.0 Å². The van der Waals surface area contributed by atoms with Crippen LogP contribution in [0.1, 0.15) is 89.3 Å². The Balaban J connectivity index is 1.11. The number of H-pyrrole nitrogens is 1. The lowest BCUT2D eigenvalue weighted by molar-refractivity contribution is 0.0663. The molecule has 1 aliphatic carbocycles. The van der Waals surface area contributed by atoms with E-state index in [0.717, 1.165) is 23.7 Å². The van der Waals surface area contributed by atoms with Crippen molar-refractivity contribution in [2.24, 2.45) is 5.92 Å². The molecule has 0 spiro atoms. The molecule has 3 aliphatic rings. The van der Waals surface area contributed by atoms with E-state index in [9.17, 15) is 14.2 Å². The van der Waals surface area contributed by atoms with Crippen LogP contribution in [0.4, 0.5) is 4.39 Å². The predicted molar refractivity (Wildman–Crippen MR) is 231 cm³/mol. The van der Waals surface area contributed by atoms with Crippen LogP contribution in [0.5, 0.6) is 0 Å². The molecule has 1 saturated carbocycles. The van der Waals surface area contributed by atoms with Crippen LogP contribution in [0.25, 0.3) is 28.1 Å². The van der Waals surface area contributed by atoms with Gasteiger partial charge >= 0.3 is 11.4 Å². The van der Waals surface area contributed by atoms with Crippen LogP contribution in [0, 0.1) is 25.6 Å². The highest BCUT2D eigenvalue weighted by molar-refractivity contribution is 7.69. The lowest BCUT2D eigenvalue weighted by atomic mass is 9.91. The summed E-state index contributed by atoms with van der Waals surface area (Å²) in [5.41, 5.74) is 4.95. The average molecular weight is 860 g/mol. The average Bonchev–Trinajstić information content (AvgIpc) is 3.75. The Labute approximate surface area is 355 Å². The van der Waals surface area contributed by atoms with Crippen LogP contribution in [0.2, 0.25) is 0 Å². The number of aromatic nitrogens is 8. The Kier molecular flexibility index (Phi) is 9.34. The van der Waals surface area contributed by atoms with Crippen LogP contribution in [0.3, 0.4) is 0 Å². The summed E-state index contributed by atoms with van der Waals surface area (Å²) in [6, 6.07) is 14.5. The molecule has 15 nitrogen and oxygen atoms in total. The molecule has 0 bridgehead atoms. The molecule has 320 valence electrons. The highest BCUT2D eigenvalue weighted by atomic mass is 31.2. The number of aromatic amines is 1. The fraction of sp³-hybridized carbons (Fsp3) is 0.378. The van der Waals surface area contributed by atoms with Gasteiger partial charge in [0.15, 0.2) is 5.82 Å². The van der Waals surface area contributed by atoms with Gasteiger partial charge in [0, 0.05) is 55.0 Å². The van der Waals surface area contributed by atoms with Crippen molar-refractivity contribution in [3.8, 4) is 17.2 Å². The summed E-state index contributed by atoms with van der Waals surface area (Å²) in [5.74, 6) is -0.0799. The molecule has 2 fully saturated rings. The van der Waals surface area contributed by atoms with Crippen LogP contribution < -0.4 is 16.9 Å². The minimum Gasteiger partial charge on any atom is -0.381 e. The van der Waals surface area contributed by atoms with Crippen LogP contribution in [0.15, 0.2) is 81.2 Å². The smallest absolute Gasteiger partial charge is 0.381 e. The molecule has 2 aliphatic heterocycles. The van der Waals surface area contributed by atoms with Crippen molar-refractivity contribution in [1.82, 2.24) is 43.5 Å². The van der Waals surface area contributed by atoms with Gasteiger partial charge in [0.2, 0.25) is 0 Å². The lowest BCUT2D eigenvalue weighted by Crippen LogP contribution is -2.41. The molecule has 1 amide bonds. The van der Waals surface area contributed by atoms with E-state index in [1.54, 1.807) is 68.5 Å². The van der Waals surface area contributed by atoms with Crippen molar-refractivity contribution in [3.63, 3.8) is 0 Å². The number of fused-ring (bicyclic) bond motifs is 2. The first-order valence-electron chi connectivity index (χ1n) is 21.0. The molecule has 0 radical (unpaired) electrons. The summed E-state index contributed by atoms with van der Waals surface area (Å²) in [5, 5.41) is 10.1. The fourth-order valence-electron chi connectivity index (χ4n) is 9.79. The number of benzene rings is 2. The van der Waals surface area contributed by atoms with Crippen molar-refractivity contribution in [3.05, 3.63) is 133 Å². The van der Waals surface area contributed by atoms with Gasteiger partial charge in [-0.05, 0) is 124 Å². The second-order valence-corrected chi connectivity index (χ2v) is 20.7. The van der Waals surface area contributed by atoms with E-state index in [1.807, 2.05) is 22.5 Å².